The molecule has 6 heteroatoms. The van der Waals surface area contributed by atoms with Gasteiger partial charge in [0, 0.05) is 26.2 Å². The van der Waals surface area contributed by atoms with Gasteiger partial charge in [-0.1, -0.05) is 48.6 Å². The van der Waals surface area contributed by atoms with Crippen molar-refractivity contribution in [1.82, 2.24) is 9.97 Å². The van der Waals surface area contributed by atoms with Gasteiger partial charge in [-0.3, -0.25) is 19.6 Å². The van der Waals surface area contributed by atoms with Crippen LogP contribution in [0, 0.1) is 0 Å². The highest BCUT2D eigenvalue weighted by molar-refractivity contribution is 5.75. The van der Waals surface area contributed by atoms with Gasteiger partial charge in [-0.2, -0.15) is 0 Å². The van der Waals surface area contributed by atoms with Crippen molar-refractivity contribution >= 4 is 36.2 Å². The third kappa shape index (κ3) is 7.08. The van der Waals surface area contributed by atoms with Crippen LogP contribution in [0.15, 0.2) is 85.2 Å². The maximum Gasteiger partial charge on any atom is 0.308 e. The zero-order chi connectivity index (χ0) is 25.3. The highest BCUT2D eigenvalue weighted by Crippen LogP contribution is 2.21. The van der Waals surface area contributed by atoms with Crippen LogP contribution >= 0.6 is 0 Å². The van der Waals surface area contributed by atoms with Crippen LogP contribution in [0.5, 0.6) is 11.5 Å². The summed E-state index contributed by atoms with van der Waals surface area (Å²) in [6.07, 6.45) is 11.5. The fourth-order valence-electron chi connectivity index (χ4n) is 3.39. The topological polar surface area (TPSA) is 78.4 Å². The van der Waals surface area contributed by atoms with Crippen LogP contribution in [0.2, 0.25) is 0 Å². The summed E-state index contributed by atoms with van der Waals surface area (Å²) in [5, 5.41) is 0. The van der Waals surface area contributed by atoms with E-state index in [1.165, 1.54) is 13.8 Å². The monoisotopic (exact) mass is 476 g/mol. The number of aromatic nitrogens is 2. The van der Waals surface area contributed by atoms with Crippen LogP contribution in [-0.2, 0) is 9.59 Å². The van der Waals surface area contributed by atoms with Crippen LogP contribution in [0.1, 0.15) is 36.1 Å². The van der Waals surface area contributed by atoms with Crippen LogP contribution < -0.4 is 9.47 Å². The van der Waals surface area contributed by atoms with Gasteiger partial charge in [0.2, 0.25) is 0 Å². The molecule has 4 rings (SSSR count). The minimum atomic E-state index is -0.342. The number of hydrogen-bond acceptors (Lipinski definition) is 6. The molecule has 0 amide bonds. The average molecular weight is 477 g/mol. The molecular weight excluding hydrogens is 452 g/mol. The molecule has 0 saturated carbocycles. The molecule has 0 bridgehead atoms. The molecule has 0 aliphatic carbocycles. The number of ether oxygens (including phenoxy) is 2. The molecule has 0 unspecified atom stereocenters. The van der Waals surface area contributed by atoms with E-state index in [0.29, 0.717) is 11.5 Å². The Bertz CT molecular complexity index is 1310. The van der Waals surface area contributed by atoms with Crippen molar-refractivity contribution in [3.05, 3.63) is 107 Å². The Hall–Kier alpha value is -4.84. The minimum absolute atomic E-state index is 0.342. The molecule has 0 radical (unpaired) electrons. The van der Waals surface area contributed by atoms with Gasteiger partial charge in [-0.25, -0.2) is 0 Å². The van der Waals surface area contributed by atoms with Gasteiger partial charge < -0.3 is 9.47 Å². The lowest BCUT2D eigenvalue weighted by Gasteiger charge is -2.04. The predicted octanol–water partition coefficient (Wildman–Crippen LogP) is 6.34. The Kier molecular flexibility index (Phi) is 7.78. The lowest BCUT2D eigenvalue weighted by atomic mass is 10.1. The van der Waals surface area contributed by atoms with Crippen molar-refractivity contribution in [2.24, 2.45) is 0 Å². The summed E-state index contributed by atoms with van der Waals surface area (Å²) in [4.78, 5) is 31.1. The summed E-state index contributed by atoms with van der Waals surface area (Å²) in [5.41, 5.74) is 5.47. The van der Waals surface area contributed by atoms with E-state index < -0.39 is 0 Å². The first-order valence-corrected chi connectivity index (χ1v) is 11.3. The first-order chi connectivity index (χ1) is 17.4. The maximum absolute atomic E-state index is 11.1. The third-order valence-corrected chi connectivity index (χ3v) is 5.05. The first-order valence-electron chi connectivity index (χ1n) is 11.3. The molecule has 2 aromatic carbocycles. The Morgan fingerprint density at radius 3 is 1.28 bits per heavy atom. The SMILES string of the molecule is CC(=O)Oc1ccc(/C=C/c2ccnc(-c3cc(/C=C/c4ccc(OC(C)=O)cc4)ccn3)c2)cc1. The molecular formula is C30H24N2O4. The fourth-order valence-corrected chi connectivity index (χ4v) is 3.39. The van der Waals surface area contributed by atoms with Crippen LogP contribution in [0.25, 0.3) is 35.7 Å². The van der Waals surface area contributed by atoms with Crippen LogP contribution in [0.4, 0.5) is 0 Å². The van der Waals surface area contributed by atoms with Crippen LogP contribution in [-0.4, -0.2) is 21.9 Å². The van der Waals surface area contributed by atoms with E-state index >= 15 is 0 Å². The predicted molar refractivity (Wildman–Crippen MR) is 141 cm³/mol. The molecule has 2 aromatic heterocycles. The molecule has 0 N–H and O–H groups in total. The molecule has 0 spiro atoms. The number of carbonyl (C=O) groups is 2. The molecule has 0 fully saturated rings. The van der Waals surface area contributed by atoms with Gasteiger partial charge in [-0.15, -0.1) is 0 Å². The molecule has 0 aliphatic heterocycles. The summed E-state index contributed by atoms with van der Waals surface area (Å²) in [6, 6.07) is 22.4. The summed E-state index contributed by atoms with van der Waals surface area (Å²) >= 11 is 0. The van der Waals surface area contributed by atoms with E-state index in [1.807, 2.05) is 72.8 Å². The second-order valence-electron chi connectivity index (χ2n) is 7.94. The minimum Gasteiger partial charge on any atom is -0.427 e. The van der Waals surface area contributed by atoms with E-state index in [4.69, 9.17) is 9.47 Å². The number of esters is 2. The summed E-state index contributed by atoms with van der Waals surface area (Å²) in [5.74, 6) is 0.353. The molecule has 4 aromatic rings. The number of pyridine rings is 2. The summed E-state index contributed by atoms with van der Waals surface area (Å²) in [7, 11) is 0. The van der Waals surface area contributed by atoms with E-state index in [2.05, 4.69) is 9.97 Å². The molecule has 0 saturated heterocycles. The zero-order valence-electron chi connectivity index (χ0n) is 19.9. The Morgan fingerprint density at radius 2 is 0.917 bits per heavy atom. The van der Waals surface area contributed by atoms with Crippen molar-refractivity contribution in [3.63, 3.8) is 0 Å². The third-order valence-electron chi connectivity index (χ3n) is 5.05. The highest BCUT2D eigenvalue weighted by Gasteiger charge is 2.03. The Balaban J connectivity index is 1.46. The summed E-state index contributed by atoms with van der Waals surface area (Å²) < 4.78 is 10.1. The van der Waals surface area contributed by atoms with Crippen molar-refractivity contribution in [1.29, 1.82) is 0 Å². The molecule has 2 heterocycles. The number of nitrogens with zero attached hydrogens (tertiary/aromatic N) is 2. The molecule has 36 heavy (non-hydrogen) atoms. The van der Waals surface area contributed by atoms with Gasteiger partial charge in [0.05, 0.1) is 11.4 Å². The van der Waals surface area contributed by atoms with Gasteiger partial charge in [0.25, 0.3) is 0 Å². The first kappa shape index (κ1) is 24.3. The van der Waals surface area contributed by atoms with Gasteiger partial charge in [-0.05, 0) is 70.8 Å². The molecule has 0 atom stereocenters. The molecule has 0 aliphatic rings. The van der Waals surface area contributed by atoms with Gasteiger partial charge in [0.1, 0.15) is 11.5 Å². The largest absolute Gasteiger partial charge is 0.427 e. The Morgan fingerprint density at radius 1 is 0.556 bits per heavy atom. The lowest BCUT2D eigenvalue weighted by molar-refractivity contribution is -0.132. The zero-order valence-corrected chi connectivity index (χ0v) is 19.9. The smallest absolute Gasteiger partial charge is 0.308 e. The number of carbonyl (C=O) groups excluding carboxylic acids is 2. The van der Waals surface area contributed by atoms with Crippen molar-refractivity contribution < 1.29 is 19.1 Å². The highest BCUT2D eigenvalue weighted by atomic mass is 16.5. The van der Waals surface area contributed by atoms with Gasteiger partial charge >= 0.3 is 11.9 Å². The number of hydrogen-bond donors (Lipinski definition) is 0. The van der Waals surface area contributed by atoms with Crippen LogP contribution in [0.3, 0.4) is 0 Å². The maximum atomic E-state index is 11.1. The lowest BCUT2D eigenvalue weighted by Crippen LogP contribution is -2.00. The second kappa shape index (κ2) is 11.5. The number of benzene rings is 2. The van der Waals surface area contributed by atoms with E-state index in [-0.39, 0.29) is 11.9 Å². The second-order valence-corrected chi connectivity index (χ2v) is 7.94. The number of rotatable bonds is 7. The molecule has 178 valence electrons. The van der Waals surface area contributed by atoms with Crippen molar-refractivity contribution in [2.45, 2.75) is 13.8 Å². The average Bonchev–Trinajstić information content (AvgIpc) is 2.88. The molecule has 6 nitrogen and oxygen atoms in total. The van der Waals surface area contributed by atoms with E-state index in [0.717, 1.165) is 33.6 Å². The summed E-state index contributed by atoms with van der Waals surface area (Å²) in [6.45, 7) is 2.75. The van der Waals surface area contributed by atoms with Gasteiger partial charge in [0.15, 0.2) is 0 Å². The van der Waals surface area contributed by atoms with Crippen molar-refractivity contribution in [2.75, 3.05) is 0 Å². The van der Waals surface area contributed by atoms with Crippen molar-refractivity contribution in [3.8, 4) is 22.9 Å². The Labute approximate surface area is 209 Å². The van der Waals surface area contributed by atoms with E-state index in [9.17, 15) is 9.59 Å². The normalized spacial score (nSPS) is 11.1. The fraction of sp³-hybridized carbons (Fsp3) is 0.0667. The standard InChI is InChI=1S/C30H24N2O4/c1-21(33)35-27-11-7-23(8-12-27)3-5-25-15-17-31-29(19-25)30-20-26(16-18-32-30)6-4-24-9-13-28(14-10-24)36-22(2)34/h3-20H,1-2H3/b5-3+,6-4+. The van der Waals surface area contributed by atoms with E-state index in [1.54, 1.807) is 36.7 Å². The quantitative estimate of drug-likeness (QED) is 0.229.